The Morgan fingerprint density at radius 2 is 2.19 bits per heavy atom. The minimum atomic E-state index is -0.652. The van der Waals surface area contributed by atoms with Gasteiger partial charge in [-0.3, -0.25) is 0 Å². The van der Waals surface area contributed by atoms with Crippen LogP contribution in [-0.2, 0) is 4.43 Å². The van der Waals surface area contributed by atoms with E-state index in [2.05, 4.69) is 27.0 Å². The van der Waals surface area contributed by atoms with Crippen LogP contribution in [0.15, 0.2) is 18.2 Å². The Balaban J connectivity index is 2.30. The Morgan fingerprint density at radius 3 is 2.81 bits per heavy atom. The monoisotopic (exact) mass is 277 g/mol. The van der Waals surface area contributed by atoms with E-state index in [9.17, 15) is 0 Å². The summed E-state index contributed by atoms with van der Waals surface area (Å²) in [6, 6.07) is 7.18. The molecule has 9 radical (unpaired) electrons. The largest absolute Gasteiger partial charge is 0.538 e. The molecule has 1 aliphatic heterocycles. The molecule has 0 unspecified atom stereocenters. The Kier molecular flexibility index (Phi) is 4.41. The molecule has 1 fully saturated rings. The molecular formula is C9H9O3Si4. The van der Waals surface area contributed by atoms with Gasteiger partial charge in [0.05, 0.1) is 0 Å². The molecule has 0 saturated carbocycles. The van der Waals surface area contributed by atoms with E-state index in [1.54, 1.807) is 0 Å². The molecule has 0 N–H and O–H groups in total. The highest BCUT2D eigenvalue weighted by Crippen LogP contribution is 2.25. The lowest BCUT2D eigenvalue weighted by Gasteiger charge is -2.22. The third-order valence-electron chi connectivity index (χ3n) is 2.38. The first-order valence-electron chi connectivity index (χ1n) is 4.91. The van der Waals surface area contributed by atoms with Gasteiger partial charge < -0.3 is 13.3 Å². The first kappa shape index (κ1) is 12.1. The number of hydrogen-bond acceptors (Lipinski definition) is 3. The van der Waals surface area contributed by atoms with E-state index in [-0.39, 0.29) is 0 Å². The first-order chi connectivity index (χ1) is 7.86. The standard InChI is InChI=1S/C9H9O3Si4/c13-11-7-3-1-4-8(9(7)12-14)16-6-2-5-10-15-16/h1,3-4H,2,5-6H2. The number of benzene rings is 1. The zero-order valence-electron chi connectivity index (χ0n) is 8.58. The molecule has 79 valence electrons. The van der Waals surface area contributed by atoms with Gasteiger partial charge in [-0.2, -0.15) is 0 Å². The van der Waals surface area contributed by atoms with Gasteiger partial charge >= 0.3 is 21.0 Å². The SMILES string of the molecule is [Si]Oc1cccc([Si]2CCCO[Si]2)c1O[Si]. The Bertz CT molecular complexity index is 355. The van der Waals surface area contributed by atoms with E-state index in [4.69, 9.17) is 13.3 Å². The molecule has 16 heavy (non-hydrogen) atoms. The van der Waals surface area contributed by atoms with Crippen LogP contribution in [0, 0.1) is 0 Å². The van der Waals surface area contributed by atoms with Crippen molar-refractivity contribution in [3.05, 3.63) is 18.2 Å². The summed E-state index contributed by atoms with van der Waals surface area (Å²) in [5, 5.41) is 1.23. The molecule has 2 rings (SSSR count). The van der Waals surface area contributed by atoms with Crippen LogP contribution in [0.3, 0.4) is 0 Å². The van der Waals surface area contributed by atoms with E-state index >= 15 is 0 Å². The fraction of sp³-hybridized carbons (Fsp3) is 0.333. The smallest absolute Gasteiger partial charge is 0.341 e. The summed E-state index contributed by atoms with van der Waals surface area (Å²) < 4.78 is 15.9. The van der Waals surface area contributed by atoms with Crippen molar-refractivity contribution in [2.24, 2.45) is 0 Å². The van der Waals surface area contributed by atoms with Gasteiger partial charge in [-0.25, -0.2) is 0 Å². The van der Waals surface area contributed by atoms with Crippen LogP contribution in [0.5, 0.6) is 11.5 Å². The maximum Gasteiger partial charge on any atom is 0.341 e. The van der Waals surface area contributed by atoms with Gasteiger partial charge in [-0.15, -0.1) is 0 Å². The molecule has 0 aliphatic carbocycles. The predicted molar refractivity (Wildman–Crippen MR) is 65.7 cm³/mol. The highest BCUT2D eigenvalue weighted by molar-refractivity contribution is 7.17. The van der Waals surface area contributed by atoms with E-state index in [1.807, 2.05) is 12.1 Å². The quantitative estimate of drug-likeness (QED) is 0.719. The fourth-order valence-electron chi connectivity index (χ4n) is 1.64. The zero-order chi connectivity index (χ0) is 11.4. The van der Waals surface area contributed by atoms with Crippen molar-refractivity contribution in [1.82, 2.24) is 0 Å². The van der Waals surface area contributed by atoms with Crippen LogP contribution in [0.1, 0.15) is 6.42 Å². The van der Waals surface area contributed by atoms with Crippen molar-refractivity contribution in [1.29, 1.82) is 0 Å². The summed E-state index contributed by atoms with van der Waals surface area (Å²) in [5.74, 6) is 1.46. The van der Waals surface area contributed by atoms with Gasteiger partial charge in [0.1, 0.15) is 19.8 Å². The van der Waals surface area contributed by atoms with E-state index in [0.717, 1.165) is 18.8 Å². The highest BCUT2D eigenvalue weighted by Gasteiger charge is 2.24. The van der Waals surface area contributed by atoms with Crippen LogP contribution in [0.2, 0.25) is 6.04 Å². The van der Waals surface area contributed by atoms with Gasteiger partial charge in [-0.1, -0.05) is 18.2 Å². The minimum absolute atomic E-state index is 0.596. The third-order valence-corrected chi connectivity index (χ3v) is 8.03. The zero-order valence-corrected chi connectivity index (χ0v) is 12.6. The van der Waals surface area contributed by atoms with Crippen LogP contribution in [-0.4, -0.2) is 45.2 Å². The molecule has 0 spiro atoms. The summed E-state index contributed by atoms with van der Waals surface area (Å²) >= 11 is 0. The van der Waals surface area contributed by atoms with E-state index in [1.165, 1.54) is 11.2 Å². The van der Waals surface area contributed by atoms with Crippen LogP contribution >= 0.6 is 0 Å². The maximum absolute atomic E-state index is 5.56. The second-order valence-electron chi connectivity index (χ2n) is 3.37. The lowest BCUT2D eigenvalue weighted by molar-refractivity contribution is 0.336. The number of hydrogen-bond donors (Lipinski definition) is 0. The van der Waals surface area contributed by atoms with Crippen LogP contribution in [0.25, 0.3) is 0 Å². The van der Waals surface area contributed by atoms with Crippen molar-refractivity contribution in [3.8, 4) is 11.5 Å². The molecule has 1 aromatic rings. The van der Waals surface area contributed by atoms with Crippen molar-refractivity contribution in [3.63, 3.8) is 0 Å². The van der Waals surface area contributed by atoms with Crippen molar-refractivity contribution < 1.29 is 13.3 Å². The summed E-state index contributed by atoms with van der Waals surface area (Å²) in [5.41, 5.74) is 0. The molecule has 0 bridgehead atoms. The molecule has 0 atom stereocenters. The molecule has 7 heteroatoms. The average Bonchev–Trinajstić information content (AvgIpc) is 2.38. The first-order valence-corrected chi connectivity index (χ1v) is 9.34. The summed E-state index contributed by atoms with van der Waals surface area (Å²) in [6.45, 7) is 0.894. The number of rotatable bonds is 3. The van der Waals surface area contributed by atoms with Crippen LogP contribution in [0.4, 0.5) is 0 Å². The topological polar surface area (TPSA) is 27.7 Å². The number of para-hydroxylation sites is 1. The van der Waals surface area contributed by atoms with E-state index < -0.39 is 8.31 Å². The summed E-state index contributed by atoms with van der Waals surface area (Å²) in [6.07, 6.45) is 1.14. The van der Waals surface area contributed by atoms with Gasteiger partial charge in [-0.05, 0) is 17.7 Å². The van der Waals surface area contributed by atoms with Gasteiger partial charge in [0.15, 0.2) is 0 Å². The summed E-state index contributed by atoms with van der Waals surface area (Å²) in [4.78, 5) is 0. The molecule has 3 nitrogen and oxygen atoms in total. The van der Waals surface area contributed by atoms with Gasteiger partial charge in [0, 0.05) is 6.61 Å². The van der Waals surface area contributed by atoms with Crippen molar-refractivity contribution >= 4 is 43.8 Å². The molecule has 1 aliphatic rings. The summed E-state index contributed by atoms with van der Waals surface area (Å²) in [7, 11) is 6.08. The Hall–Kier alpha value is -0.352. The second kappa shape index (κ2) is 5.82. The second-order valence-corrected chi connectivity index (χ2v) is 8.69. The van der Waals surface area contributed by atoms with Crippen molar-refractivity contribution in [2.45, 2.75) is 12.5 Å². The van der Waals surface area contributed by atoms with Gasteiger partial charge in [0.2, 0.25) is 9.28 Å². The molecule has 1 heterocycles. The Morgan fingerprint density at radius 1 is 1.31 bits per heavy atom. The minimum Gasteiger partial charge on any atom is -0.538 e. The third kappa shape index (κ3) is 2.48. The van der Waals surface area contributed by atoms with E-state index in [0.29, 0.717) is 15.0 Å². The average molecular weight is 278 g/mol. The molecular weight excluding hydrogens is 268 g/mol. The molecule has 0 amide bonds. The normalized spacial score (nSPS) is 17.1. The fourth-order valence-corrected chi connectivity index (χ4v) is 6.84. The lowest BCUT2D eigenvalue weighted by Crippen LogP contribution is -2.42. The maximum atomic E-state index is 5.56. The lowest BCUT2D eigenvalue weighted by atomic mass is 10.3. The molecule has 1 saturated heterocycles. The Labute approximate surface area is 106 Å². The van der Waals surface area contributed by atoms with Crippen molar-refractivity contribution in [2.75, 3.05) is 6.61 Å². The van der Waals surface area contributed by atoms with Gasteiger partial charge in [0.25, 0.3) is 0 Å². The molecule has 0 aromatic heterocycles. The van der Waals surface area contributed by atoms with Crippen LogP contribution < -0.4 is 14.0 Å². The molecule has 1 aromatic carbocycles. The predicted octanol–water partition coefficient (Wildman–Crippen LogP) is -0.151. The highest BCUT2D eigenvalue weighted by atomic mass is 29.2.